The summed E-state index contributed by atoms with van der Waals surface area (Å²) in [5, 5.41) is 3.07. The minimum Gasteiger partial charge on any atom is -0.315 e. The van der Waals surface area contributed by atoms with Gasteiger partial charge >= 0.3 is 0 Å². The number of nitrogens with one attached hydrogen (secondary N) is 1. The van der Waals surface area contributed by atoms with E-state index in [-0.39, 0.29) is 5.56 Å². The van der Waals surface area contributed by atoms with Gasteiger partial charge in [0.05, 0.1) is 5.69 Å². The van der Waals surface area contributed by atoms with E-state index in [1.807, 2.05) is 17.7 Å². The van der Waals surface area contributed by atoms with Gasteiger partial charge < -0.3 is 9.88 Å². The first kappa shape index (κ1) is 16.5. The second-order valence-electron chi connectivity index (χ2n) is 6.38. The fourth-order valence-corrected chi connectivity index (χ4v) is 2.65. The van der Waals surface area contributed by atoms with Gasteiger partial charge in [0.15, 0.2) is 0 Å². The van der Waals surface area contributed by atoms with E-state index in [0.717, 1.165) is 23.4 Å². The van der Waals surface area contributed by atoms with Gasteiger partial charge in [-0.25, -0.2) is 0 Å². The van der Waals surface area contributed by atoms with Crippen LogP contribution in [-0.4, -0.2) is 11.6 Å². The summed E-state index contributed by atoms with van der Waals surface area (Å²) < 4.78 is 1.92. The molecule has 3 nitrogen and oxygen atoms in total. The summed E-state index contributed by atoms with van der Waals surface area (Å²) >= 11 is 0. The van der Waals surface area contributed by atoms with Crippen LogP contribution in [0.4, 0.5) is 0 Å². The van der Waals surface area contributed by atoms with Crippen LogP contribution in [0.3, 0.4) is 0 Å². The van der Waals surface area contributed by atoms with Crippen LogP contribution in [0.5, 0.6) is 0 Å². The Hall–Kier alpha value is -1.87. The van der Waals surface area contributed by atoms with Crippen LogP contribution in [0.1, 0.15) is 30.5 Å². The molecule has 0 saturated heterocycles. The molecule has 0 aliphatic heterocycles. The van der Waals surface area contributed by atoms with Gasteiger partial charge in [0.2, 0.25) is 0 Å². The molecule has 0 radical (unpaired) electrons. The molecule has 2 rings (SSSR count). The van der Waals surface area contributed by atoms with E-state index >= 15 is 0 Å². The number of hydrogen-bond donors (Lipinski definition) is 1. The van der Waals surface area contributed by atoms with Crippen molar-refractivity contribution in [3.05, 3.63) is 57.4 Å². The van der Waals surface area contributed by atoms with Crippen LogP contribution >= 0.6 is 0 Å². The average molecular weight is 298 g/mol. The van der Waals surface area contributed by atoms with Gasteiger partial charge in [-0.15, -0.1) is 0 Å². The van der Waals surface area contributed by atoms with Gasteiger partial charge in [-0.1, -0.05) is 32.0 Å². The van der Waals surface area contributed by atoms with E-state index < -0.39 is 0 Å². The smallest absolute Gasteiger partial charge is 0.255 e. The molecule has 1 N–H and O–H groups in total. The van der Waals surface area contributed by atoms with Crippen LogP contribution in [0.15, 0.2) is 35.1 Å². The van der Waals surface area contributed by atoms with Crippen molar-refractivity contribution in [3.8, 4) is 11.3 Å². The predicted molar refractivity (Wildman–Crippen MR) is 93.2 cm³/mol. The third kappa shape index (κ3) is 3.47. The molecule has 1 aromatic heterocycles. The van der Waals surface area contributed by atoms with Gasteiger partial charge in [-0.2, -0.15) is 0 Å². The Balaban J connectivity index is 2.61. The highest BCUT2D eigenvalue weighted by atomic mass is 16.1. The van der Waals surface area contributed by atoms with Crippen LogP contribution in [0.2, 0.25) is 0 Å². The molecule has 0 bridgehead atoms. The monoisotopic (exact) mass is 298 g/mol. The first-order valence-corrected chi connectivity index (χ1v) is 7.89. The summed E-state index contributed by atoms with van der Waals surface area (Å²) in [6.07, 6.45) is 0. The lowest BCUT2D eigenvalue weighted by molar-refractivity contribution is 0.511. The number of rotatable bonds is 5. The zero-order chi connectivity index (χ0) is 16.3. The number of hydrogen-bond acceptors (Lipinski definition) is 2. The number of nitrogens with zero attached hydrogens (tertiary/aromatic N) is 1. The first-order chi connectivity index (χ1) is 10.4. The molecule has 0 atom stereocenters. The zero-order valence-electron chi connectivity index (χ0n) is 14.2. The lowest BCUT2D eigenvalue weighted by atomic mass is 10.0. The summed E-state index contributed by atoms with van der Waals surface area (Å²) in [6.45, 7) is 9.83. The Morgan fingerprint density at radius 2 is 1.82 bits per heavy atom. The van der Waals surface area contributed by atoms with Crippen molar-refractivity contribution in [2.24, 2.45) is 5.92 Å². The van der Waals surface area contributed by atoms with Crippen molar-refractivity contribution in [2.45, 2.75) is 40.8 Å². The maximum Gasteiger partial charge on any atom is 0.255 e. The fraction of sp³-hybridized carbons (Fsp3) is 0.421. The second kappa shape index (κ2) is 6.93. The van der Waals surface area contributed by atoms with Crippen LogP contribution < -0.4 is 10.9 Å². The highest BCUT2D eigenvalue weighted by Gasteiger charge is 2.12. The topological polar surface area (TPSA) is 34.0 Å². The molecule has 0 spiro atoms. The Morgan fingerprint density at radius 3 is 2.41 bits per heavy atom. The molecule has 1 heterocycles. The Morgan fingerprint density at radius 1 is 1.09 bits per heavy atom. The molecule has 0 fully saturated rings. The minimum atomic E-state index is 0.110. The summed E-state index contributed by atoms with van der Waals surface area (Å²) in [5.74, 6) is 0.424. The van der Waals surface area contributed by atoms with Crippen molar-refractivity contribution in [1.29, 1.82) is 0 Å². The largest absolute Gasteiger partial charge is 0.315 e. The highest BCUT2D eigenvalue weighted by molar-refractivity contribution is 5.61. The van der Waals surface area contributed by atoms with E-state index in [9.17, 15) is 4.79 Å². The molecule has 0 unspecified atom stereocenters. The van der Waals surface area contributed by atoms with Crippen LogP contribution in [-0.2, 0) is 13.1 Å². The lowest BCUT2D eigenvalue weighted by Gasteiger charge is -2.17. The number of aryl methyl sites for hydroxylation is 2. The maximum absolute atomic E-state index is 12.8. The van der Waals surface area contributed by atoms with Crippen LogP contribution in [0, 0.1) is 19.8 Å². The molecular formula is C19H26N2O. The molecule has 118 valence electrons. The zero-order valence-corrected chi connectivity index (χ0v) is 14.2. The first-order valence-electron chi connectivity index (χ1n) is 7.89. The highest BCUT2D eigenvalue weighted by Crippen LogP contribution is 2.22. The van der Waals surface area contributed by atoms with E-state index in [4.69, 9.17) is 0 Å². The molecule has 2 aromatic rings. The van der Waals surface area contributed by atoms with Crippen molar-refractivity contribution in [1.82, 2.24) is 9.88 Å². The summed E-state index contributed by atoms with van der Waals surface area (Å²) in [4.78, 5) is 12.8. The van der Waals surface area contributed by atoms with Crippen molar-refractivity contribution in [2.75, 3.05) is 7.05 Å². The van der Waals surface area contributed by atoms with Gasteiger partial charge in [-0.05, 0) is 55.6 Å². The molecule has 0 saturated carbocycles. The molecule has 22 heavy (non-hydrogen) atoms. The minimum absolute atomic E-state index is 0.110. The number of aromatic nitrogens is 1. The van der Waals surface area contributed by atoms with Gasteiger partial charge in [0.1, 0.15) is 0 Å². The molecular weight excluding hydrogens is 272 g/mol. The van der Waals surface area contributed by atoms with Gasteiger partial charge in [-0.3, -0.25) is 4.79 Å². The third-order valence-electron chi connectivity index (χ3n) is 3.97. The van der Waals surface area contributed by atoms with Crippen LogP contribution in [0.25, 0.3) is 11.3 Å². The van der Waals surface area contributed by atoms with E-state index in [2.05, 4.69) is 57.3 Å². The van der Waals surface area contributed by atoms with Crippen molar-refractivity contribution in [3.63, 3.8) is 0 Å². The maximum atomic E-state index is 12.8. The molecule has 0 aliphatic carbocycles. The quantitative estimate of drug-likeness (QED) is 0.916. The summed E-state index contributed by atoms with van der Waals surface area (Å²) in [7, 11) is 1.86. The van der Waals surface area contributed by atoms with Crippen molar-refractivity contribution < 1.29 is 0 Å². The predicted octanol–water partition coefficient (Wildman–Crippen LogP) is 3.51. The number of pyridine rings is 1. The fourth-order valence-electron chi connectivity index (χ4n) is 2.65. The van der Waals surface area contributed by atoms with E-state index in [1.165, 1.54) is 11.1 Å². The normalized spacial score (nSPS) is 11.2. The SMILES string of the molecule is CNCc1ccc(-c2ccc(C)c(C)c2)n(CC(C)C)c1=O. The summed E-state index contributed by atoms with van der Waals surface area (Å²) in [5.41, 5.74) is 5.56. The van der Waals surface area contributed by atoms with E-state index in [1.54, 1.807) is 0 Å². The Labute approximate surface area is 133 Å². The third-order valence-corrected chi connectivity index (χ3v) is 3.97. The van der Waals surface area contributed by atoms with Gasteiger partial charge in [0, 0.05) is 18.7 Å². The standard InChI is InChI=1S/C19H26N2O/c1-13(2)12-21-18(9-8-17(11-20-5)19(21)22)16-7-6-14(3)15(4)10-16/h6-10,13,20H,11-12H2,1-5H3. The summed E-state index contributed by atoms with van der Waals surface area (Å²) in [6, 6.07) is 10.4. The average Bonchev–Trinajstić information content (AvgIpc) is 2.46. The molecule has 0 amide bonds. The molecule has 0 aliphatic rings. The van der Waals surface area contributed by atoms with E-state index in [0.29, 0.717) is 12.5 Å². The molecule has 3 heteroatoms. The Kier molecular flexibility index (Phi) is 5.19. The molecule has 1 aromatic carbocycles. The van der Waals surface area contributed by atoms with Gasteiger partial charge in [0.25, 0.3) is 5.56 Å². The lowest BCUT2D eigenvalue weighted by Crippen LogP contribution is -2.28. The Bertz CT molecular complexity index is 714. The van der Waals surface area contributed by atoms with Crippen molar-refractivity contribution >= 4 is 0 Å². The number of benzene rings is 1. The second-order valence-corrected chi connectivity index (χ2v) is 6.38.